The summed E-state index contributed by atoms with van der Waals surface area (Å²) in [6.45, 7) is -2.03. The van der Waals surface area contributed by atoms with Gasteiger partial charge in [0.25, 0.3) is 11.8 Å². The predicted molar refractivity (Wildman–Crippen MR) is 131 cm³/mol. The Kier molecular flexibility index (Phi) is 9.57. The highest BCUT2D eigenvalue weighted by molar-refractivity contribution is 5.97. The van der Waals surface area contributed by atoms with Crippen LogP contribution in [0.25, 0.3) is 0 Å². The largest absolute Gasteiger partial charge is 0.460 e. The van der Waals surface area contributed by atoms with Gasteiger partial charge in [-0.15, -0.1) is 0 Å². The number of amides is 2. The fourth-order valence-corrected chi connectivity index (χ4v) is 3.51. The normalized spacial score (nSPS) is 12.3. The Hall–Kier alpha value is -4.68. The number of aliphatic hydroxyl groups is 2. The van der Waals surface area contributed by atoms with Gasteiger partial charge < -0.3 is 31.2 Å². The summed E-state index contributed by atoms with van der Waals surface area (Å²) in [7, 11) is 0. The number of primary amides is 2. The van der Waals surface area contributed by atoms with E-state index in [1.54, 1.807) is 60.7 Å². The number of aromatic nitrogens is 2. The van der Waals surface area contributed by atoms with E-state index in [0.717, 1.165) is 0 Å². The van der Waals surface area contributed by atoms with Crippen LogP contribution in [0, 0.1) is 0 Å². The molecule has 0 saturated carbocycles. The molecule has 1 heterocycles. The first kappa shape index (κ1) is 27.9. The van der Waals surface area contributed by atoms with Gasteiger partial charge in [-0.05, 0) is 11.1 Å². The van der Waals surface area contributed by atoms with E-state index in [2.05, 4.69) is 9.97 Å². The molecule has 2 amide bonds. The molecule has 1 aromatic heterocycles. The minimum atomic E-state index is -1.56. The summed E-state index contributed by atoms with van der Waals surface area (Å²) in [4.78, 5) is 58.1. The summed E-state index contributed by atoms with van der Waals surface area (Å²) in [6.07, 6.45) is 0. The minimum absolute atomic E-state index is 0.143. The van der Waals surface area contributed by atoms with Gasteiger partial charge in [-0.1, -0.05) is 60.7 Å². The molecule has 6 N–H and O–H groups in total. The number of nitrogens with two attached hydrogens (primary N) is 2. The maximum absolute atomic E-state index is 12.8. The van der Waals surface area contributed by atoms with Crippen molar-refractivity contribution in [3.63, 3.8) is 0 Å². The van der Waals surface area contributed by atoms with Crippen molar-refractivity contribution in [3.8, 4) is 0 Å². The van der Waals surface area contributed by atoms with Crippen LogP contribution < -0.4 is 11.5 Å². The molecule has 0 aliphatic carbocycles. The van der Waals surface area contributed by atoms with Gasteiger partial charge in [-0.25, -0.2) is 9.97 Å². The van der Waals surface area contributed by atoms with E-state index < -0.39 is 71.6 Å². The molecule has 12 nitrogen and oxygen atoms in total. The molecule has 3 rings (SSSR count). The van der Waals surface area contributed by atoms with Crippen molar-refractivity contribution in [3.05, 3.63) is 94.6 Å². The number of rotatable bonds is 12. The molecule has 0 radical (unpaired) electrons. The Morgan fingerprint density at radius 3 is 1.29 bits per heavy atom. The van der Waals surface area contributed by atoms with Crippen LogP contribution in [0.3, 0.4) is 0 Å². The second-order valence-corrected chi connectivity index (χ2v) is 8.08. The van der Waals surface area contributed by atoms with Gasteiger partial charge in [0.2, 0.25) is 0 Å². The zero-order valence-corrected chi connectivity index (χ0v) is 20.1. The van der Waals surface area contributed by atoms with Crippen LogP contribution >= 0.6 is 0 Å². The molecule has 0 fully saturated rings. The van der Waals surface area contributed by atoms with Crippen LogP contribution in [0.5, 0.6) is 0 Å². The zero-order chi connectivity index (χ0) is 27.7. The first-order valence-electron chi connectivity index (χ1n) is 11.4. The predicted octanol–water partition coefficient (Wildman–Crippen LogP) is 0.313. The molecule has 3 aromatic rings. The van der Waals surface area contributed by atoms with E-state index >= 15 is 0 Å². The van der Waals surface area contributed by atoms with Crippen LogP contribution in [0.4, 0.5) is 0 Å². The van der Waals surface area contributed by atoms with Crippen molar-refractivity contribution in [2.45, 2.75) is 25.0 Å². The minimum Gasteiger partial charge on any atom is -0.460 e. The Bertz CT molecular complexity index is 1200. The molecule has 0 aliphatic rings. The van der Waals surface area contributed by atoms with Crippen LogP contribution in [0.2, 0.25) is 0 Å². The first-order valence-corrected chi connectivity index (χ1v) is 11.4. The molecule has 198 valence electrons. The van der Waals surface area contributed by atoms with Gasteiger partial charge in [0, 0.05) is 0 Å². The van der Waals surface area contributed by atoms with Gasteiger partial charge >= 0.3 is 11.9 Å². The molecule has 38 heavy (non-hydrogen) atoms. The summed E-state index contributed by atoms with van der Waals surface area (Å²) in [5, 5.41) is 19.8. The van der Waals surface area contributed by atoms with Crippen LogP contribution in [-0.2, 0) is 32.3 Å². The SMILES string of the molecule is NC(=O)c1nc([C@H](CO)C(=O)OCc2ccccc2)c(C(N)=O)nc1[C@H](CO)C(=O)OCc1ccccc1. The van der Waals surface area contributed by atoms with Crippen LogP contribution in [-0.4, -0.2) is 57.1 Å². The summed E-state index contributed by atoms with van der Waals surface area (Å²) >= 11 is 0. The van der Waals surface area contributed by atoms with Crippen molar-refractivity contribution in [2.75, 3.05) is 13.2 Å². The molecular weight excluding hydrogens is 496 g/mol. The lowest BCUT2D eigenvalue weighted by atomic mass is 9.99. The number of benzene rings is 2. The second-order valence-electron chi connectivity index (χ2n) is 8.08. The Morgan fingerprint density at radius 2 is 1.00 bits per heavy atom. The molecule has 2 atom stereocenters. The molecule has 0 bridgehead atoms. The van der Waals surface area contributed by atoms with E-state index in [1.165, 1.54) is 0 Å². The van der Waals surface area contributed by atoms with Crippen LogP contribution in [0.15, 0.2) is 60.7 Å². The Morgan fingerprint density at radius 1 is 0.658 bits per heavy atom. The number of hydrogen-bond acceptors (Lipinski definition) is 10. The van der Waals surface area contributed by atoms with Gasteiger partial charge in [0.05, 0.1) is 24.6 Å². The fourth-order valence-electron chi connectivity index (χ4n) is 3.51. The van der Waals surface area contributed by atoms with Crippen molar-refractivity contribution in [1.82, 2.24) is 9.97 Å². The van der Waals surface area contributed by atoms with Crippen molar-refractivity contribution in [1.29, 1.82) is 0 Å². The van der Waals surface area contributed by atoms with Crippen molar-refractivity contribution in [2.24, 2.45) is 11.5 Å². The summed E-state index contributed by atoms with van der Waals surface area (Å²) < 4.78 is 10.5. The number of aliphatic hydroxyl groups excluding tert-OH is 2. The lowest BCUT2D eigenvalue weighted by molar-refractivity contribution is -0.149. The third kappa shape index (κ3) is 6.75. The summed E-state index contributed by atoms with van der Waals surface area (Å²) in [5.41, 5.74) is 10.1. The number of carbonyl (C=O) groups excluding carboxylic acids is 4. The highest BCUT2D eigenvalue weighted by atomic mass is 16.5. The number of nitrogens with zero attached hydrogens (tertiary/aromatic N) is 2. The van der Waals surface area contributed by atoms with E-state index in [9.17, 15) is 29.4 Å². The average molecular weight is 523 g/mol. The van der Waals surface area contributed by atoms with Crippen LogP contribution in [0.1, 0.15) is 55.3 Å². The average Bonchev–Trinajstić information content (AvgIpc) is 2.92. The number of esters is 2. The molecule has 0 spiro atoms. The van der Waals surface area contributed by atoms with Gasteiger partial charge in [-0.3, -0.25) is 19.2 Å². The number of carbonyl (C=O) groups is 4. The molecular formula is C26H26N4O8. The number of hydrogen-bond donors (Lipinski definition) is 4. The molecule has 0 unspecified atom stereocenters. The molecule has 2 aromatic carbocycles. The number of ether oxygens (including phenoxy) is 2. The third-order valence-electron chi connectivity index (χ3n) is 5.46. The van der Waals surface area contributed by atoms with Gasteiger partial charge in [0.1, 0.15) is 25.0 Å². The maximum atomic E-state index is 12.8. The quantitative estimate of drug-likeness (QED) is 0.240. The Labute approximate surface area is 217 Å². The third-order valence-corrected chi connectivity index (χ3v) is 5.46. The standard InChI is InChI=1S/C26H26N4O8/c27-23(33)21-19(17(11-31)25(35)37-13-15-7-3-1-4-8-15)29-22(24(28)34)20(30-21)18(12-32)26(36)38-14-16-9-5-2-6-10-16/h1-10,17-18,31-32H,11-14H2,(H2,27,33)(H2,28,34)/t17-,18-/m0/s1. The monoisotopic (exact) mass is 522 g/mol. The topological polar surface area (TPSA) is 205 Å². The molecule has 0 aliphatic heterocycles. The lowest BCUT2D eigenvalue weighted by Gasteiger charge is -2.20. The van der Waals surface area contributed by atoms with E-state index in [4.69, 9.17) is 20.9 Å². The summed E-state index contributed by atoms with van der Waals surface area (Å²) in [6, 6.07) is 17.4. The van der Waals surface area contributed by atoms with E-state index in [1.807, 2.05) is 0 Å². The molecule has 12 heteroatoms. The van der Waals surface area contributed by atoms with Gasteiger partial charge in [-0.2, -0.15) is 0 Å². The lowest BCUT2D eigenvalue weighted by Crippen LogP contribution is -2.32. The molecule has 0 saturated heterocycles. The Balaban J connectivity index is 1.95. The second kappa shape index (κ2) is 13.0. The smallest absolute Gasteiger partial charge is 0.317 e. The van der Waals surface area contributed by atoms with Crippen molar-refractivity contribution >= 4 is 23.8 Å². The fraction of sp³-hybridized carbons (Fsp3) is 0.231. The van der Waals surface area contributed by atoms with E-state index in [0.29, 0.717) is 11.1 Å². The highest BCUT2D eigenvalue weighted by Gasteiger charge is 2.35. The first-order chi connectivity index (χ1) is 18.3. The van der Waals surface area contributed by atoms with Gasteiger partial charge in [0.15, 0.2) is 11.4 Å². The van der Waals surface area contributed by atoms with Crippen molar-refractivity contribution < 1.29 is 38.9 Å². The maximum Gasteiger partial charge on any atom is 0.317 e. The van der Waals surface area contributed by atoms with E-state index in [-0.39, 0.29) is 13.2 Å². The summed E-state index contributed by atoms with van der Waals surface area (Å²) in [5.74, 6) is -7.41. The zero-order valence-electron chi connectivity index (χ0n) is 20.1. The highest BCUT2D eigenvalue weighted by Crippen LogP contribution is 2.25.